The van der Waals surface area contributed by atoms with Crippen molar-refractivity contribution >= 4 is 27.6 Å². The SMILES string of the molecule is CC(C)N(CC(=O)O)C(=O)CNS(=O)(=O)c1ccccc1[N+](=O)[O-]. The summed E-state index contributed by atoms with van der Waals surface area (Å²) >= 11 is 0. The van der Waals surface area contributed by atoms with Gasteiger partial charge in [0.2, 0.25) is 15.9 Å². The van der Waals surface area contributed by atoms with E-state index < -0.39 is 56.5 Å². The maximum absolute atomic E-state index is 12.2. The molecule has 0 aromatic heterocycles. The Hall–Kier alpha value is -2.53. The molecule has 0 atom stereocenters. The molecule has 0 heterocycles. The number of carboxylic acids is 1. The van der Waals surface area contributed by atoms with Crippen LogP contribution in [-0.2, 0) is 19.6 Å². The molecule has 0 bridgehead atoms. The van der Waals surface area contributed by atoms with Gasteiger partial charge in [0.15, 0.2) is 4.90 Å². The van der Waals surface area contributed by atoms with Crippen LogP contribution in [0, 0.1) is 10.1 Å². The molecule has 0 radical (unpaired) electrons. The van der Waals surface area contributed by atoms with Gasteiger partial charge in [0, 0.05) is 12.1 Å². The van der Waals surface area contributed by atoms with Crippen molar-refractivity contribution in [1.29, 1.82) is 0 Å². The minimum absolute atomic E-state index is 0.454. The highest BCUT2D eigenvalue weighted by Gasteiger charge is 2.27. The number of amides is 1. The van der Waals surface area contributed by atoms with Crippen LogP contribution >= 0.6 is 0 Å². The maximum Gasteiger partial charge on any atom is 0.323 e. The fourth-order valence-electron chi connectivity index (χ4n) is 1.88. The van der Waals surface area contributed by atoms with Gasteiger partial charge in [-0.15, -0.1) is 0 Å². The molecule has 2 N–H and O–H groups in total. The summed E-state index contributed by atoms with van der Waals surface area (Å²) in [5, 5.41) is 19.7. The number of aliphatic carboxylic acids is 1. The molecule has 0 saturated heterocycles. The zero-order chi connectivity index (χ0) is 18.5. The number of para-hydroxylation sites is 1. The highest BCUT2D eigenvalue weighted by atomic mass is 32.2. The van der Waals surface area contributed by atoms with Crippen molar-refractivity contribution < 1.29 is 28.0 Å². The van der Waals surface area contributed by atoms with Crippen LogP contribution in [0.25, 0.3) is 0 Å². The van der Waals surface area contributed by atoms with Crippen molar-refractivity contribution in [1.82, 2.24) is 9.62 Å². The number of carbonyl (C=O) groups excluding carboxylic acids is 1. The van der Waals surface area contributed by atoms with Gasteiger partial charge in [0.25, 0.3) is 5.69 Å². The van der Waals surface area contributed by atoms with Crippen molar-refractivity contribution in [2.75, 3.05) is 13.1 Å². The predicted molar refractivity (Wildman–Crippen MR) is 82.8 cm³/mol. The van der Waals surface area contributed by atoms with Crippen LogP contribution in [0.3, 0.4) is 0 Å². The Kier molecular flexibility index (Phi) is 6.37. The van der Waals surface area contributed by atoms with E-state index in [9.17, 15) is 28.1 Å². The van der Waals surface area contributed by atoms with Gasteiger partial charge in [-0.05, 0) is 19.9 Å². The Bertz CT molecular complexity index is 746. The second kappa shape index (κ2) is 7.84. The smallest absolute Gasteiger partial charge is 0.323 e. The van der Waals surface area contributed by atoms with Crippen LogP contribution in [0.15, 0.2) is 29.2 Å². The molecule has 0 unspecified atom stereocenters. The van der Waals surface area contributed by atoms with Crippen molar-refractivity contribution in [2.45, 2.75) is 24.8 Å². The maximum atomic E-state index is 12.2. The van der Waals surface area contributed by atoms with Crippen LogP contribution in [0.5, 0.6) is 0 Å². The number of carbonyl (C=O) groups is 2. The van der Waals surface area contributed by atoms with E-state index in [1.54, 1.807) is 13.8 Å². The molecule has 24 heavy (non-hydrogen) atoms. The van der Waals surface area contributed by atoms with Gasteiger partial charge in [-0.2, -0.15) is 0 Å². The van der Waals surface area contributed by atoms with Gasteiger partial charge in [-0.3, -0.25) is 19.7 Å². The van der Waals surface area contributed by atoms with Crippen LogP contribution < -0.4 is 4.72 Å². The third-order valence-electron chi connectivity index (χ3n) is 3.01. The van der Waals surface area contributed by atoms with Gasteiger partial charge < -0.3 is 10.0 Å². The van der Waals surface area contributed by atoms with Gasteiger partial charge in [0.1, 0.15) is 6.54 Å². The molecule has 11 heteroatoms. The standard InChI is InChI=1S/C13H17N3O7S/c1-9(2)15(8-13(18)19)12(17)7-14-24(22,23)11-6-4-3-5-10(11)16(20)21/h3-6,9,14H,7-8H2,1-2H3,(H,18,19). The van der Waals surface area contributed by atoms with E-state index in [2.05, 4.69) is 0 Å². The summed E-state index contributed by atoms with van der Waals surface area (Å²) < 4.78 is 26.3. The number of nitrogens with one attached hydrogen (secondary N) is 1. The summed E-state index contributed by atoms with van der Waals surface area (Å²) in [6.07, 6.45) is 0. The zero-order valence-electron chi connectivity index (χ0n) is 13.0. The van der Waals surface area contributed by atoms with E-state index in [4.69, 9.17) is 5.11 Å². The second-order valence-electron chi connectivity index (χ2n) is 5.06. The first-order chi connectivity index (χ1) is 11.1. The largest absolute Gasteiger partial charge is 0.480 e. The van der Waals surface area contributed by atoms with Gasteiger partial charge in [0.05, 0.1) is 11.5 Å². The lowest BCUT2D eigenvalue weighted by molar-refractivity contribution is -0.387. The number of nitrogens with zero attached hydrogens (tertiary/aromatic N) is 2. The summed E-state index contributed by atoms with van der Waals surface area (Å²) in [4.78, 5) is 33.2. The van der Waals surface area contributed by atoms with Crippen molar-refractivity contribution in [2.24, 2.45) is 0 Å². The zero-order valence-corrected chi connectivity index (χ0v) is 13.8. The van der Waals surface area contributed by atoms with Gasteiger partial charge in [-0.1, -0.05) is 12.1 Å². The average Bonchev–Trinajstić information content (AvgIpc) is 2.50. The molecule has 0 aliphatic carbocycles. The number of benzene rings is 1. The molecule has 0 aliphatic rings. The predicted octanol–water partition coefficient (Wildman–Crippen LogP) is 0.195. The van der Waals surface area contributed by atoms with Crippen LogP contribution in [0.2, 0.25) is 0 Å². The van der Waals surface area contributed by atoms with E-state index in [1.165, 1.54) is 12.1 Å². The summed E-state index contributed by atoms with van der Waals surface area (Å²) in [6.45, 7) is 1.87. The molecule has 1 amide bonds. The van der Waals surface area contributed by atoms with Crippen molar-refractivity contribution in [3.63, 3.8) is 0 Å². The molecule has 132 valence electrons. The lowest BCUT2D eigenvalue weighted by Gasteiger charge is -2.24. The van der Waals surface area contributed by atoms with Crippen LogP contribution in [0.1, 0.15) is 13.8 Å². The van der Waals surface area contributed by atoms with Crippen LogP contribution in [-0.4, -0.2) is 54.4 Å². The Morgan fingerprint density at radius 3 is 2.42 bits per heavy atom. The van der Waals surface area contributed by atoms with E-state index in [-0.39, 0.29) is 0 Å². The van der Waals surface area contributed by atoms with E-state index in [0.717, 1.165) is 17.0 Å². The van der Waals surface area contributed by atoms with Crippen LogP contribution in [0.4, 0.5) is 5.69 Å². The molecular formula is C13H17N3O7S. The lowest BCUT2D eigenvalue weighted by Crippen LogP contribution is -2.45. The Balaban J connectivity index is 2.95. The average molecular weight is 359 g/mol. The number of carboxylic acid groups (broad SMARTS) is 1. The highest BCUT2D eigenvalue weighted by molar-refractivity contribution is 7.89. The first-order valence-corrected chi connectivity index (χ1v) is 8.29. The minimum atomic E-state index is -4.31. The topological polar surface area (TPSA) is 147 Å². The molecule has 0 aliphatic heterocycles. The number of sulfonamides is 1. The number of nitro benzene ring substituents is 1. The first kappa shape index (κ1) is 19.5. The van der Waals surface area contributed by atoms with Gasteiger partial charge in [-0.25, -0.2) is 13.1 Å². The molecule has 1 aromatic rings. The third kappa shape index (κ3) is 4.99. The number of nitro groups is 1. The molecular weight excluding hydrogens is 342 g/mol. The van der Waals surface area contributed by atoms with E-state index in [1.807, 2.05) is 4.72 Å². The van der Waals surface area contributed by atoms with Gasteiger partial charge >= 0.3 is 5.97 Å². The molecule has 1 rings (SSSR count). The molecule has 0 fully saturated rings. The van der Waals surface area contributed by atoms with Crippen molar-refractivity contribution in [3.8, 4) is 0 Å². The minimum Gasteiger partial charge on any atom is -0.480 e. The summed E-state index contributed by atoms with van der Waals surface area (Å²) in [5.74, 6) is -1.99. The summed E-state index contributed by atoms with van der Waals surface area (Å²) in [5.41, 5.74) is -0.622. The Morgan fingerprint density at radius 1 is 1.33 bits per heavy atom. The number of hydrogen-bond donors (Lipinski definition) is 2. The molecule has 0 spiro atoms. The normalized spacial score (nSPS) is 11.3. The fourth-order valence-corrected chi connectivity index (χ4v) is 3.02. The summed E-state index contributed by atoms with van der Waals surface area (Å²) in [7, 11) is -4.31. The third-order valence-corrected chi connectivity index (χ3v) is 4.46. The first-order valence-electron chi connectivity index (χ1n) is 6.80. The van der Waals surface area contributed by atoms with E-state index >= 15 is 0 Å². The lowest BCUT2D eigenvalue weighted by atomic mass is 10.3. The fraction of sp³-hybridized carbons (Fsp3) is 0.385. The Morgan fingerprint density at radius 2 is 1.92 bits per heavy atom. The monoisotopic (exact) mass is 359 g/mol. The summed E-state index contributed by atoms with van der Waals surface area (Å²) in [6, 6.07) is 4.25. The number of hydrogen-bond acceptors (Lipinski definition) is 6. The quantitative estimate of drug-likeness (QED) is 0.497. The molecule has 10 nitrogen and oxygen atoms in total. The molecule has 0 saturated carbocycles. The Labute approximate surface area is 138 Å². The number of rotatable bonds is 8. The van der Waals surface area contributed by atoms with Crippen molar-refractivity contribution in [3.05, 3.63) is 34.4 Å². The highest BCUT2D eigenvalue weighted by Crippen LogP contribution is 2.22. The van der Waals surface area contributed by atoms with E-state index in [0.29, 0.717) is 0 Å². The second-order valence-corrected chi connectivity index (χ2v) is 6.79. The molecule has 1 aromatic carbocycles.